The summed E-state index contributed by atoms with van der Waals surface area (Å²) in [7, 11) is 2.87. The number of Topliss-reactive ketones (excluding diaryl/α,β-unsaturated/α-hetero) is 2. The number of methoxy groups -OCH3 is 2. The number of carbonyl (C=O) groups excluding carboxylic acids is 2. The summed E-state index contributed by atoms with van der Waals surface area (Å²) in [5.74, 6) is -2.85. The fraction of sp³-hybridized carbons (Fsp3) is 0.125. The molecule has 0 aromatic heterocycles. The molecule has 6 rings (SSSR count). The van der Waals surface area contributed by atoms with E-state index < -0.39 is 11.6 Å². The van der Waals surface area contributed by atoms with Crippen LogP contribution in [-0.2, 0) is 40.5 Å². The summed E-state index contributed by atoms with van der Waals surface area (Å²) >= 11 is 0. The van der Waals surface area contributed by atoms with Crippen LogP contribution in [0.2, 0.25) is 0 Å². The number of para-hydroxylation sites is 2. The van der Waals surface area contributed by atoms with Crippen LogP contribution < -0.4 is 34.3 Å². The maximum absolute atomic E-state index is 12.4. The van der Waals surface area contributed by atoms with Gasteiger partial charge in [-0.1, -0.05) is 84.9 Å². The van der Waals surface area contributed by atoms with Crippen molar-refractivity contribution >= 4 is 23.0 Å². The van der Waals surface area contributed by atoms with Gasteiger partial charge in [-0.05, 0) is 24.3 Å². The van der Waals surface area contributed by atoms with Crippen molar-refractivity contribution in [3.63, 3.8) is 0 Å². The Hall–Kier alpha value is -3.72. The first-order valence-corrected chi connectivity index (χ1v) is 12.4. The van der Waals surface area contributed by atoms with Crippen LogP contribution in [0.1, 0.15) is 31.8 Å². The molecule has 2 aliphatic heterocycles. The number of ketones is 2. The monoisotopic (exact) mass is 706 g/mol. The molecule has 0 amide bonds. The van der Waals surface area contributed by atoms with E-state index in [0.29, 0.717) is 33.8 Å². The minimum absolute atomic E-state index is 0. The normalized spacial score (nSPS) is 19.8. The molecule has 4 aromatic rings. The molecule has 0 radical (unpaired) electrons. The molecule has 0 bridgehead atoms. The Kier molecular flexibility index (Phi) is 12.1. The van der Waals surface area contributed by atoms with Crippen molar-refractivity contribution in [3.8, 4) is 11.5 Å². The first-order valence-electron chi connectivity index (χ1n) is 12.4. The molecule has 2 aliphatic rings. The number of ether oxygens (including phenoxy) is 4. The Balaban J connectivity index is 0.000000281. The summed E-state index contributed by atoms with van der Waals surface area (Å²) in [6, 6.07) is 31.9. The van der Waals surface area contributed by atoms with E-state index in [1.807, 2.05) is 36.4 Å². The molecule has 0 saturated carbocycles. The molecule has 222 valence electrons. The van der Waals surface area contributed by atoms with E-state index in [-0.39, 0.29) is 67.3 Å². The molecular weight excluding hydrogens is 680 g/mol. The van der Waals surface area contributed by atoms with E-state index in [0.717, 1.165) is 0 Å². The van der Waals surface area contributed by atoms with Crippen molar-refractivity contribution in [1.29, 1.82) is 10.8 Å². The van der Waals surface area contributed by atoms with Gasteiger partial charge >= 0.3 is 19.5 Å². The van der Waals surface area contributed by atoms with Crippen LogP contribution in [0.5, 0.6) is 11.5 Å². The van der Waals surface area contributed by atoms with E-state index in [2.05, 4.69) is 0 Å². The van der Waals surface area contributed by atoms with Crippen molar-refractivity contribution in [3.05, 3.63) is 131 Å². The maximum atomic E-state index is 12.4. The van der Waals surface area contributed by atoms with Gasteiger partial charge in [0.2, 0.25) is 11.6 Å². The van der Waals surface area contributed by atoms with E-state index in [1.54, 1.807) is 72.8 Å². The Labute approximate surface area is 274 Å². The zero-order valence-electron chi connectivity index (χ0n) is 23.0. The Bertz CT molecular complexity index is 1500. The van der Waals surface area contributed by atoms with Gasteiger partial charge in [0.1, 0.15) is 11.5 Å². The van der Waals surface area contributed by atoms with Crippen molar-refractivity contribution in [2.24, 2.45) is 0 Å². The predicted octanol–water partition coefficient (Wildman–Crippen LogP) is -0.433. The second kappa shape index (κ2) is 14.6. The Morgan fingerprint density at radius 2 is 0.837 bits per heavy atom. The van der Waals surface area contributed by atoms with Crippen molar-refractivity contribution < 1.29 is 72.8 Å². The standard InChI is InChI=1S/2C16H13NO3.2ClH.Ru/c2*1-19-16(11-7-3-2-4-8-11)15(17)14(18)12-9-5-6-10-13(12)20-16;;;/h2*2-10,17H,1H3;2*1H;/q;;;;+2/p-2. The molecule has 2 heterocycles. The van der Waals surface area contributed by atoms with Crippen molar-refractivity contribution in [1.82, 2.24) is 0 Å². The van der Waals surface area contributed by atoms with Crippen LogP contribution >= 0.6 is 0 Å². The van der Waals surface area contributed by atoms with Crippen LogP contribution in [-0.4, -0.2) is 37.2 Å². The fourth-order valence-electron chi connectivity index (χ4n) is 4.71. The Morgan fingerprint density at radius 1 is 0.535 bits per heavy atom. The van der Waals surface area contributed by atoms with Crippen LogP contribution in [0.15, 0.2) is 109 Å². The number of halogens is 2. The van der Waals surface area contributed by atoms with Gasteiger partial charge in [-0.2, -0.15) is 0 Å². The SMILES string of the molecule is COC1(c2ccccc2)Oc2ccccc2C(=O)C1=N.COC1(c2ccccc2)Oc2ccccc2C(=O)C1=N.[Cl-].[Cl-].[Ru+2]. The molecular formula is C32H26Cl2N2O6Ru. The van der Waals surface area contributed by atoms with Crippen LogP contribution in [0.25, 0.3) is 0 Å². The van der Waals surface area contributed by atoms with Crippen molar-refractivity contribution in [2.45, 2.75) is 11.6 Å². The summed E-state index contributed by atoms with van der Waals surface area (Å²) in [6.07, 6.45) is 0. The number of nitrogens with one attached hydrogen (secondary N) is 2. The molecule has 43 heavy (non-hydrogen) atoms. The molecule has 2 atom stereocenters. The van der Waals surface area contributed by atoms with Gasteiger partial charge in [0.05, 0.1) is 11.1 Å². The van der Waals surface area contributed by atoms with E-state index in [4.69, 9.17) is 29.8 Å². The van der Waals surface area contributed by atoms with Crippen LogP contribution in [0.4, 0.5) is 0 Å². The molecule has 0 saturated heterocycles. The second-order valence-electron chi connectivity index (χ2n) is 8.98. The largest absolute Gasteiger partial charge is 2.00 e. The number of fused-ring (bicyclic) bond motifs is 2. The summed E-state index contributed by atoms with van der Waals surface area (Å²) in [6.45, 7) is 0. The average Bonchev–Trinajstić information content (AvgIpc) is 3.02. The molecule has 2 unspecified atom stereocenters. The molecule has 11 heteroatoms. The van der Waals surface area contributed by atoms with Gasteiger partial charge in [0, 0.05) is 25.3 Å². The van der Waals surface area contributed by atoms with Crippen LogP contribution in [0.3, 0.4) is 0 Å². The number of benzene rings is 4. The molecule has 0 spiro atoms. The quantitative estimate of drug-likeness (QED) is 0.279. The van der Waals surface area contributed by atoms with Gasteiger partial charge in [-0.15, -0.1) is 0 Å². The predicted molar refractivity (Wildman–Crippen MR) is 149 cm³/mol. The molecule has 4 aromatic carbocycles. The zero-order valence-corrected chi connectivity index (χ0v) is 26.2. The summed E-state index contributed by atoms with van der Waals surface area (Å²) in [5.41, 5.74) is 1.59. The van der Waals surface area contributed by atoms with Gasteiger partial charge in [0.15, 0.2) is 11.4 Å². The second-order valence-corrected chi connectivity index (χ2v) is 8.98. The molecule has 8 nitrogen and oxygen atoms in total. The van der Waals surface area contributed by atoms with E-state index >= 15 is 0 Å². The average molecular weight is 707 g/mol. The van der Waals surface area contributed by atoms with Gasteiger partial charge < -0.3 is 43.8 Å². The summed E-state index contributed by atoms with van der Waals surface area (Å²) in [5, 5.41) is 16.3. The number of hydrogen-bond donors (Lipinski definition) is 2. The molecule has 0 fully saturated rings. The topological polar surface area (TPSA) is 119 Å². The maximum Gasteiger partial charge on any atom is 2.00 e. The van der Waals surface area contributed by atoms with Gasteiger partial charge in [-0.25, -0.2) is 0 Å². The molecule has 2 N–H and O–H groups in total. The molecule has 0 aliphatic carbocycles. The fourth-order valence-corrected chi connectivity index (χ4v) is 4.71. The first kappa shape index (κ1) is 35.5. The van der Waals surface area contributed by atoms with Gasteiger partial charge in [-0.3, -0.25) is 20.4 Å². The summed E-state index contributed by atoms with van der Waals surface area (Å²) < 4.78 is 22.6. The minimum Gasteiger partial charge on any atom is -1.00 e. The minimum atomic E-state index is -1.48. The van der Waals surface area contributed by atoms with Crippen LogP contribution in [0, 0.1) is 10.8 Å². The number of hydrogen-bond acceptors (Lipinski definition) is 8. The van der Waals surface area contributed by atoms with Crippen molar-refractivity contribution in [2.75, 3.05) is 14.2 Å². The van der Waals surface area contributed by atoms with E-state index in [1.165, 1.54) is 14.2 Å². The zero-order chi connectivity index (χ0) is 28.3. The third kappa shape index (κ3) is 6.18. The smallest absolute Gasteiger partial charge is 1.00 e. The third-order valence-corrected chi connectivity index (χ3v) is 6.77. The van der Waals surface area contributed by atoms with E-state index in [9.17, 15) is 9.59 Å². The third-order valence-electron chi connectivity index (χ3n) is 6.77. The van der Waals surface area contributed by atoms with Gasteiger partial charge in [0.25, 0.3) is 11.6 Å². The Morgan fingerprint density at radius 3 is 1.16 bits per heavy atom. The number of rotatable bonds is 4. The number of carbonyl (C=O) groups is 2. The first-order chi connectivity index (χ1) is 19.4. The summed E-state index contributed by atoms with van der Waals surface area (Å²) in [4.78, 5) is 24.8.